The Hall–Kier alpha value is -1.43. The SMILES string of the molecule is CC1CCN(C(=O)Cn2cc(CNC3CC3)nn2)CC1. The van der Waals surface area contributed by atoms with Crippen LogP contribution in [0, 0.1) is 5.92 Å². The predicted molar refractivity (Wildman–Crippen MR) is 74.9 cm³/mol. The molecular weight excluding hydrogens is 254 g/mol. The molecule has 6 heteroatoms. The second-order valence-electron chi connectivity index (χ2n) is 6.13. The Bertz CT molecular complexity index is 460. The molecule has 0 bridgehead atoms. The van der Waals surface area contributed by atoms with Gasteiger partial charge in [-0.2, -0.15) is 0 Å². The standard InChI is InChI=1S/C14H23N5O/c1-11-4-6-18(7-5-11)14(20)10-19-9-13(16-17-19)8-15-12-2-3-12/h9,11-12,15H,2-8,10H2,1H3. The number of piperidine rings is 1. The topological polar surface area (TPSA) is 63.1 Å². The van der Waals surface area contributed by atoms with Crippen LogP contribution < -0.4 is 5.32 Å². The van der Waals surface area contributed by atoms with E-state index in [-0.39, 0.29) is 5.91 Å². The molecule has 0 unspecified atom stereocenters. The average molecular weight is 277 g/mol. The molecule has 2 heterocycles. The zero-order valence-corrected chi connectivity index (χ0v) is 12.1. The molecule has 1 N–H and O–H groups in total. The van der Waals surface area contributed by atoms with Crippen LogP contribution in [-0.2, 0) is 17.9 Å². The molecule has 1 aliphatic carbocycles. The van der Waals surface area contributed by atoms with Crippen LogP contribution in [0.3, 0.4) is 0 Å². The summed E-state index contributed by atoms with van der Waals surface area (Å²) in [6.07, 6.45) is 6.62. The minimum absolute atomic E-state index is 0.156. The van der Waals surface area contributed by atoms with E-state index in [1.165, 1.54) is 12.8 Å². The number of nitrogens with zero attached hydrogens (tertiary/aromatic N) is 4. The number of carbonyl (C=O) groups excluding carboxylic acids is 1. The fourth-order valence-electron chi connectivity index (χ4n) is 2.53. The molecule has 1 saturated heterocycles. The van der Waals surface area contributed by atoms with E-state index in [2.05, 4.69) is 22.6 Å². The lowest BCUT2D eigenvalue weighted by atomic mass is 9.99. The van der Waals surface area contributed by atoms with Crippen LogP contribution >= 0.6 is 0 Å². The van der Waals surface area contributed by atoms with Crippen molar-refractivity contribution < 1.29 is 4.79 Å². The first kappa shape index (κ1) is 13.5. The van der Waals surface area contributed by atoms with Crippen LogP contribution in [0.5, 0.6) is 0 Å². The highest BCUT2D eigenvalue weighted by atomic mass is 16.2. The lowest BCUT2D eigenvalue weighted by Crippen LogP contribution is -2.39. The first-order valence-electron chi connectivity index (χ1n) is 7.61. The van der Waals surface area contributed by atoms with E-state index in [1.807, 2.05) is 11.1 Å². The normalized spacial score (nSPS) is 20.4. The molecule has 0 atom stereocenters. The third-order valence-electron chi connectivity index (χ3n) is 4.17. The highest BCUT2D eigenvalue weighted by Gasteiger charge is 2.22. The van der Waals surface area contributed by atoms with Crippen molar-refractivity contribution in [1.82, 2.24) is 25.2 Å². The van der Waals surface area contributed by atoms with E-state index in [0.717, 1.165) is 44.1 Å². The number of hydrogen-bond acceptors (Lipinski definition) is 4. The van der Waals surface area contributed by atoms with Gasteiger partial charge in [-0.15, -0.1) is 5.10 Å². The summed E-state index contributed by atoms with van der Waals surface area (Å²) >= 11 is 0. The van der Waals surface area contributed by atoms with Crippen molar-refractivity contribution in [2.45, 2.75) is 51.7 Å². The molecule has 1 amide bonds. The van der Waals surface area contributed by atoms with E-state index < -0.39 is 0 Å². The molecule has 3 rings (SSSR count). The van der Waals surface area contributed by atoms with Crippen molar-refractivity contribution in [1.29, 1.82) is 0 Å². The molecule has 0 spiro atoms. The number of rotatable bonds is 5. The van der Waals surface area contributed by atoms with Crippen LogP contribution in [0.2, 0.25) is 0 Å². The van der Waals surface area contributed by atoms with Gasteiger partial charge in [-0.05, 0) is 31.6 Å². The molecule has 1 aromatic rings. The minimum atomic E-state index is 0.156. The molecule has 0 aromatic carbocycles. The van der Waals surface area contributed by atoms with Gasteiger partial charge in [0, 0.05) is 25.7 Å². The van der Waals surface area contributed by atoms with Gasteiger partial charge in [0.25, 0.3) is 0 Å². The van der Waals surface area contributed by atoms with Crippen molar-refractivity contribution in [3.63, 3.8) is 0 Å². The first-order valence-corrected chi connectivity index (χ1v) is 7.61. The van der Waals surface area contributed by atoms with Crippen molar-refractivity contribution in [2.24, 2.45) is 5.92 Å². The fourth-order valence-corrected chi connectivity index (χ4v) is 2.53. The van der Waals surface area contributed by atoms with Crippen LogP contribution in [-0.4, -0.2) is 44.9 Å². The summed E-state index contributed by atoms with van der Waals surface area (Å²) in [4.78, 5) is 14.1. The Balaban J connectivity index is 1.47. The van der Waals surface area contributed by atoms with Gasteiger partial charge in [0.15, 0.2) is 0 Å². The lowest BCUT2D eigenvalue weighted by Gasteiger charge is -2.30. The van der Waals surface area contributed by atoms with Gasteiger partial charge >= 0.3 is 0 Å². The largest absolute Gasteiger partial charge is 0.341 e. The monoisotopic (exact) mass is 277 g/mol. The summed E-state index contributed by atoms with van der Waals surface area (Å²) in [6.45, 7) is 5.07. The van der Waals surface area contributed by atoms with E-state index in [9.17, 15) is 4.79 Å². The fraction of sp³-hybridized carbons (Fsp3) is 0.786. The van der Waals surface area contributed by atoms with Crippen molar-refractivity contribution in [3.05, 3.63) is 11.9 Å². The Morgan fingerprint density at radius 2 is 2.10 bits per heavy atom. The van der Waals surface area contributed by atoms with Crippen LogP contribution in [0.15, 0.2) is 6.20 Å². The van der Waals surface area contributed by atoms with Crippen LogP contribution in [0.1, 0.15) is 38.3 Å². The Labute approximate surface area is 119 Å². The molecular formula is C14H23N5O. The summed E-state index contributed by atoms with van der Waals surface area (Å²) in [5.74, 6) is 0.897. The molecule has 2 aliphatic rings. The maximum atomic E-state index is 12.2. The number of amides is 1. The smallest absolute Gasteiger partial charge is 0.244 e. The molecule has 2 fully saturated rings. The zero-order valence-electron chi connectivity index (χ0n) is 12.1. The second kappa shape index (κ2) is 5.91. The Morgan fingerprint density at radius 3 is 2.80 bits per heavy atom. The average Bonchev–Trinajstić information content (AvgIpc) is 3.17. The van der Waals surface area contributed by atoms with Crippen molar-refractivity contribution in [2.75, 3.05) is 13.1 Å². The van der Waals surface area contributed by atoms with Crippen molar-refractivity contribution in [3.8, 4) is 0 Å². The summed E-state index contributed by atoms with van der Waals surface area (Å²) in [5, 5.41) is 11.5. The van der Waals surface area contributed by atoms with E-state index in [1.54, 1.807) is 4.68 Å². The Morgan fingerprint density at radius 1 is 1.35 bits per heavy atom. The molecule has 1 aromatic heterocycles. The van der Waals surface area contributed by atoms with E-state index in [4.69, 9.17) is 0 Å². The van der Waals surface area contributed by atoms with Crippen LogP contribution in [0.4, 0.5) is 0 Å². The first-order chi connectivity index (χ1) is 9.70. The van der Waals surface area contributed by atoms with E-state index in [0.29, 0.717) is 12.6 Å². The highest BCUT2D eigenvalue weighted by molar-refractivity contribution is 5.75. The number of nitrogens with one attached hydrogen (secondary N) is 1. The molecule has 110 valence electrons. The zero-order chi connectivity index (χ0) is 13.9. The van der Waals surface area contributed by atoms with Gasteiger partial charge in [0.05, 0.1) is 11.9 Å². The van der Waals surface area contributed by atoms with Gasteiger partial charge in [-0.25, -0.2) is 4.68 Å². The number of hydrogen-bond donors (Lipinski definition) is 1. The molecule has 6 nitrogen and oxygen atoms in total. The van der Waals surface area contributed by atoms with Crippen molar-refractivity contribution >= 4 is 5.91 Å². The predicted octanol–water partition coefficient (Wildman–Crippen LogP) is 0.789. The summed E-state index contributed by atoms with van der Waals surface area (Å²) in [7, 11) is 0. The summed E-state index contributed by atoms with van der Waals surface area (Å²) in [6, 6.07) is 0.664. The maximum absolute atomic E-state index is 12.2. The third-order valence-corrected chi connectivity index (χ3v) is 4.17. The van der Waals surface area contributed by atoms with Gasteiger partial charge in [0.1, 0.15) is 6.54 Å². The quantitative estimate of drug-likeness (QED) is 0.864. The van der Waals surface area contributed by atoms with Gasteiger partial charge in [0.2, 0.25) is 5.91 Å². The number of aromatic nitrogens is 3. The third kappa shape index (κ3) is 3.56. The highest BCUT2D eigenvalue weighted by Crippen LogP contribution is 2.19. The van der Waals surface area contributed by atoms with E-state index >= 15 is 0 Å². The Kier molecular flexibility index (Phi) is 4.00. The minimum Gasteiger partial charge on any atom is -0.341 e. The second-order valence-corrected chi connectivity index (χ2v) is 6.13. The van der Waals surface area contributed by atoms with Gasteiger partial charge < -0.3 is 10.2 Å². The molecule has 1 saturated carbocycles. The lowest BCUT2D eigenvalue weighted by molar-refractivity contribution is -0.133. The molecule has 0 radical (unpaired) electrons. The number of likely N-dealkylation sites (tertiary alicyclic amines) is 1. The van der Waals surface area contributed by atoms with Gasteiger partial charge in [-0.3, -0.25) is 4.79 Å². The maximum Gasteiger partial charge on any atom is 0.244 e. The van der Waals surface area contributed by atoms with Crippen LogP contribution in [0.25, 0.3) is 0 Å². The van der Waals surface area contributed by atoms with Gasteiger partial charge in [-0.1, -0.05) is 12.1 Å². The molecule has 1 aliphatic heterocycles. The summed E-state index contributed by atoms with van der Waals surface area (Å²) in [5.41, 5.74) is 0.914. The summed E-state index contributed by atoms with van der Waals surface area (Å²) < 4.78 is 1.66. The molecule has 20 heavy (non-hydrogen) atoms. The number of carbonyl (C=O) groups is 1.